The number of halogens is 3. The van der Waals surface area contributed by atoms with Gasteiger partial charge in [0, 0.05) is 47.0 Å². The van der Waals surface area contributed by atoms with E-state index in [0.717, 1.165) is 36.1 Å². The first-order valence-electron chi connectivity index (χ1n) is 12.6. The van der Waals surface area contributed by atoms with Gasteiger partial charge in [0.1, 0.15) is 11.6 Å². The van der Waals surface area contributed by atoms with Crippen LogP contribution in [-0.4, -0.2) is 64.3 Å². The lowest BCUT2D eigenvalue weighted by molar-refractivity contribution is 0.0252. The normalized spacial score (nSPS) is 16.6. The minimum Gasteiger partial charge on any atom is -0.497 e. The molecule has 0 aliphatic carbocycles. The second kappa shape index (κ2) is 12.7. The van der Waals surface area contributed by atoms with Crippen LogP contribution < -0.4 is 4.74 Å². The van der Waals surface area contributed by atoms with Crippen LogP contribution in [0.25, 0.3) is 10.9 Å². The number of pyridine rings is 1. The molecule has 6 nitrogen and oxygen atoms in total. The van der Waals surface area contributed by atoms with Gasteiger partial charge in [-0.1, -0.05) is 0 Å². The largest absolute Gasteiger partial charge is 0.497 e. The number of rotatable bonds is 11. The molecule has 0 amide bonds. The zero-order valence-corrected chi connectivity index (χ0v) is 22.1. The first-order chi connectivity index (χ1) is 18.3. The highest BCUT2D eigenvalue weighted by Gasteiger charge is 2.34. The van der Waals surface area contributed by atoms with Gasteiger partial charge in [-0.15, -0.1) is 11.8 Å². The van der Waals surface area contributed by atoms with Gasteiger partial charge in [0.15, 0.2) is 11.6 Å². The summed E-state index contributed by atoms with van der Waals surface area (Å²) < 4.78 is 46.1. The number of aromatic nitrogens is 1. The summed E-state index contributed by atoms with van der Waals surface area (Å²) in [7, 11) is 1.57. The summed E-state index contributed by atoms with van der Waals surface area (Å²) in [5, 5.41) is 32.1. The molecule has 1 aliphatic heterocycles. The molecule has 0 bridgehead atoms. The van der Waals surface area contributed by atoms with E-state index in [1.54, 1.807) is 19.4 Å². The summed E-state index contributed by atoms with van der Waals surface area (Å²) in [5.41, 5.74) is 1.53. The van der Waals surface area contributed by atoms with E-state index in [0.29, 0.717) is 66.7 Å². The van der Waals surface area contributed by atoms with Gasteiger partial charge in [-0.05, 0) is 74.0 Å². The molecular weight excluding hydrogens is 517 g/mol. The number of hydrogen-bond donors (Lipinski definition) is 3. The van der Waals surface area contributed by atoms with Gasteiger partial charge in [-0.3, -0.25) is 4.98 Å². The van der Waals surface area contributed by atoms with Gasteiger partial charge in [0.25, 0.3) is 0 Å². The first kappa shape index (κ1) is 28.6. The molecule has 1 aliphatic rings. The highest BCUT2D eigenvalue weighted by Crippen LogP contribution is 2.40. The van der Waals surface area contributed by atoms with Gasteiger partial charge >= 0.3 is 0 Å². The van der Waals surface area contributed by atoms with Crippen LogP contribution in [0, 0.1) is 22.9 Å². The van der Waals surface area contributed by atoms with Gasteiger partial charge in [0.2, 0.25) is 0 Å². The minimum atomic E-state index is -1.19. The highest BCUT2D eigenvalue weighted by molar-refractivity contribution is 7.99. The Kier molecular flexibility index (Phi) is 9.54. The number of hydrogen-bond acceptors (Lipinski definition) is 7. The molecule has 1 saturated heterocycles. The summed E-state index contributed by atoms with van der Waals surface area (Å²) in [6, 6.07) is 6.96. The summed E-state index contributed by atoms with van der Waals surface area (Å²) in [5.74, 6) is -1.91. The fourth-order valence-corrected chi connectivity index (χ4v) is 6.12. The van der Waals surface area contributed by atoms with E-state index >= 15 is 0 Å². The molecule has 0 saturated carbocycles. The van der Waals surface area contributed by atoms with Crippen molar-refractivity contribution in [2.24, 2.45) is 5.41 Å². The molecular formula is C28H33F3N2O4S. The van der Waals surface area contributed by atoms with Crippen LogP contribution in [0.4, 0.5) is 13.2 Å². The molecule has 3 N–H and O–H groups in total. The van der Waals surface area contributed by atoms with Crippen molar-refractivity contribution in [1.82, 2.24) is 9.88 Å². The van der Waals surface area contributed by atoms with Crippen molar-refractivity contribution in [3.05, 3.63) is 65.1 Å². The third-order valence-electron chi connectivity index (χ3n) is 7.53. The molecule has 38 heavy (non-hydrogen) atoms. The molecule has 1 atom stereocenters. The summed E-state index contributed by atoms with van der Waals surface area (Å²) in [6.07, 6.45) is 3.18. The van der Waals surface area contributed by atoms with E-state index < -0.39 is 23.6 Å². The average molecular weight is 551 g/mol. The van der Waals surface area contributed by atoms with E-state index in [9.17, 15) is 28.5 Å². The highest BCUT2D eigenvalue weighted by atomic mass is 32.2. The Balaban J connectivity index is 1.35. The average Bonchev–Trinajstić information content (AvgIpc) is 2.94. The maximum atomic E-state index is 13.9. The summed E-state index contributed by atoms with van der Waals surface area (Å²) >= 11 is 1.08. The van der Waals surface area contributed by atoms with E-state index in [1.807, 2.05) is 12.1 Å². The van der Waals surface area contributed by atoms with Crippen LogP contribution in [-0.2, 0) is 6.61 Å². The Hall–Kier alpha value is -2.37. The SMILES string of the molecule is COc1ccc2ncc(CO)c([C@@H](O)CCC3(CO)CCN(CCSc4cc(F)cc(F)c4F)CC3)c2c1. The second-order valence-electron chi connectivity index (χ2n) is 9.84. The van der Waals surface area contributed by atoms with Gasteiger partial charge < -0.3 is 25.0 Å². The Bertz CT molecular complexity index is 1250. The Morgan fingerprint density at radius 2 is 1.89 bits per heavy atom. The molecule has 2 heterocycles. The lowest BCUT2D eigenvalue weighted by Gasteiger charge is -2.41. The zero-order valence-electron chi connectivity index (χ0n) is 21.3. The molecule has 1 aromatic heterocycles. The lowest BCUT2D eigenvalue weighted by atomic mass is 9.74. The quantitative estimate of drug-likeness (QED) is 0.233. The van der Waals surface area contributed by atoms with Crippen molar-refractivity contribution >= 4 is 22.7 Å². The topological polar surface area (TPSA) is 86.0 Å². The Morgan fingerprint density at radius 1 is 1.13 bits per heavy atom. The van der Waals surface area contributed by atoms with E-state index in [4.69, 9.17) is 4.74 Å². The molecule has 1 fully saturated rings. The number of fused-ring (bicyclic) bond motifs is 1. The third kappa shape index (κ3) is 6.43. The third-order valence-corrected chi connectivity index (χ3v) is 8.52. The van der Waals surface area contributed by atoms with Crippen molar-refractivity contribution in [1.29, 1.82) is 0 Å². The fraction of sp³-hybridized carbons (Fsp3) is 0.464. The number of nitrogens with zero attached hydrogens (tertiary/aromatic N) is 2. The number of aliphatic hydroxyl groups is 3. The fourth-order valence-electron chi connectivity index (χ4n) is 5.13. The van der Waals surface area contributed by atoms with Crippen LogP contribution >= 0.6 is 11.8 Å². The van der Waals surface area contributed by atoms with Crippen molar-refractivity contribution in [2.75, 3.05) is 39.1 Å². The number of benzene rings is 2. The van der Waals surface area contributed by atoms with E-state index in [1.165, 1.54) is 0 Å². The predicted molar refractivity (Wildman–Crippen MR) is 141 cm³/mol. The van der Waals surface area contributed by atoms with E-state index in [-0.39, 0.29) is 23.5 Å². The molecule has 2 aromatic carbocycles. The summed E-state index contributed by atoms with van der Waals surface area (Å²) in [4.78, 5) is 6.54. The van der Waals surface area contributed by atoms with Crippen molar-refractivity contribution in [3.63, 3.8) is 0 Å². The number of methoxy groups -OCH3 is 1. The number of ether oxygens (including phenoxy) is 1. The number of likely N-dealkylation sites (tertiary alicyclic amines) is 1. The first-order valence-corrected chi connectivity index (χ1v) is 13.6. The molecule has 0 radical (unpaired) electrons. The zero-order chi connectivity index (χ0) is 27.3. The van der Waals surface area contributed by atoms with Crippen LogP contribution in [0.2, 0.25) is 0 Å². The van der Waals surface area contributed by atoms with Crippen molar-refractivity contribution in [2.45, 2.75) is 43.3 Å². The Labute approximate surface area is 224 Å². The Morgan fingerprint density at radius 3 is 2.58 bits per heavy atom. The van der Waals surface area contributed by atoms with Crippen LogP contribution in [0.5, 0.6) is 5.75 Å². The standard InChI is InChI=1S/C28H33F3N2O4S/c1-37-20-2-3-23-21(14-20)26(18(16-34)15-32-23)24(36)4-5-28(17-35)6-8-33(9-7-28)10-11-38-25-13-19(29)12-22(30)27(25)31/h2-3,12-15,24,34-36H,4-11,16-17H2,1H3/t24-/m0/s1. The van der Waals surface area contributed by atoms with E-state index in [2.05, 4.69) is 9.88 Å². The van der Waals surface area contributed by atoms with Crippen LogP contribution in [0.3, 0.4) is 0 Å². The minimum absolute atomic E-state index is 0.00609. The molecule has 3 aromatic rings. The molecule has 0 spiro atoms. The lowest BCUT2D eigenvalue weighted by Crippen LogP contribution is -2.43. The number of piperidine rings is 1. The summed E-state index contributed by atoms with van der Waals surface area (Å²) in [6.45, 7) is 1.80. The van der Waals surface area contributed by atoms with Gasteiger partial charge in [-0.25, -0.2) is 13.2 Å². The van der Waals surface area contributed by atoms with Gasteiger partial charge in [-0.2, -0.15) is 0 Å². The maximum Gasteiger partial charge on any atom is 0.172 e. The molecule has 0 unspecified atom stereocenters. The van der Waals surface area contributed by atoms with Gasteiger partial charge in [0.05, 0.1) is 25.3 Å². The van der Waals surface area contributed by atoms with Crippen LogP contribution in [0.1, 0.15) is 42.9 Å². The smallest absolute Gasteiger partial charge is 0.172 e. The van der Waals surface area contributed by atoms with Crippen molar-refractivity contribution in [3.8, 4) is 5.75 Å². The second-order valence-corrected chi connectivity index (χ2v) is 11.0. The molecule has 4 rings (SSSR count). The molecule has 206 valence electrons. The monoisotopic (exact) mass is 550 g/mol. The predicted octanol–water partition coefficient (Wildman–Crippen LogP) is 4.83. The number of aliphatic hydroxyl groups excluding tert-OH is 3. The maximum absolute atomic E-state index is 13.9. The van der Waals surface area contributed by atoms with Crippen molar-refractivity contribution < 1.29 is 33.2 Å². The number of thioether (sulfide) groups is 1. The van der Waals surface area contributed by atoms with Crippen LogP contribution in [0.15, 0.2) is 41.4 Å². The molecule has 10 heteroatoms.